The van der Waals surface area contributed by atoms with Crippen molar-refractivity contribution in [3.8, 4) is 0 Å². The van der Waals surface area contributed by atoms with Crippen molar-refractivity contribution in [3.05, 3.63) is 18.5 Å². The zero-order chi connectivity index (χ0) is 13.0. The maximum atomic E-state index is 11.6. The van der Waals surface area contributed by atoms with Gasteiger partial charge in [0.2, 0.25) is 11.8 Å². The SMILES string of the molecule is CNC(=O)CC1S/C(=N\c2ncccn2)NC1=O. The van der Waals surface area contributed by atoms with Crippen LogP contribution in [0, 0.1) is 0 Å². The van der Waals surface area contributed by atoms with Crippen molar-refractivity contribution >= 4 is 34.7 Å². The number of rotatable bonds is 3. The van der Waals surface area contributed by atoms with Gasteiger partial charge in [0.25, 0.3) is 5.95 Å². The van der Waals surface area contributed by atoms with E-state index in [4.69, 9.17) is 0 Å². The van der Waals surface area contributed by atoms with Gasteiger partial charge in [-0.15, -0.1) is 0 Å². The summed E-state index contributed by atoms with van der Waals surface area (Å²) in [7, 11) is 1.53. The summed E-state index contributed by atoms with van der Waals surface area (Å²) in [6, 6.07) is 1.68. The highest BCUT2D eigenvalue weighted by Gasteiger charge is 2.31. The van der Waals surface area contributed by atoms with Gasteiger partial charge in [-0.1, -0.05) is 11.8 Å². The van der Waals surface area contributed by atoms with Crippen molar-refractivity contribution in [2.45, 2.75) is 11.7 Å². The summed E-state index contributed by atoms with van der Waals surface area (Å²) in [6.07, 6.45) is 3.26. The molecule has 0 saturated carbocycles. The van der Waals surface area contributed by atoms with Gasteiger partial charge in [-0.2, -0.15) is 4.99 Å². The normalized spacial score (nSPS) is 20.8. The lowest BCUT2D eigenvalue weighted by Gasteiger charge is -2.02. The van der Waals surface area contributed by atoms with Crippen LogP contribution in [0.4, 0.5) is 5.95 Å². The number of nitrogens with one attached hydrogen (secondary N) is 2. The van der Waals surface area contributed by atoms with Gasteiger partial charge in [-0.05, 0) is 6.07 Å². The van der Waals surface area contributed by atoms with Crippen LogP contribution in [0.3, 0.4) is 0 Å². The van der Waals surface area contributed by atoms with Gasteiger partial charge >= 0.3 is 0 Å². The quantitative estimate of drug-likeness (QED) is 0.791. The van der Waals surface area contributed by atoms with Crippen LogP contribution in [0.1, 0.15) is 6.42 Å². The van der Waals surface area contributed by atoms with Crippen molar-refractivity contribution in [1.82, 2.24) is 20.6 Å². The molecule has 7 nitrogen and oxygen atoms in total. The fraction of sp³-hybridized carbons (Fsp3) is 0.300. The van der Waals surface area contributed by atoms with Crippen LogP contribution >= 0.6 is 11.8 Å². The third kappa shape index (κ3) is 3.04. The average molecular weight is 265 g/mol. The number of amides is 2. The van der Waals surface area contributed by atoms with Crippen LogP contribution in [-0.2, 0) is 9.59 Å². The fourth-order valence-electron chi connectivity index (χ4n) is 1.30. The summed E-state index contributed by atoms with van der Waals surface area (Å²) < 4.78 is 0. The summed E-state index contributed by atoms with van der Waals surface area (Å²) in [4.78, 5) is 34.7. The van der Waals surface area contributed by atoms with E-state index in [9.17, 15) is 9.59 Å². The van der Waals surface area contributed by atoms with Crippen LogP contribution in [0.5, 0.6) is 0 Å². The first-order valence-electron chi connectivity index (χ1n) is 5.23. The Labute approximate surface area is 107 Å². The van der Waals surface area contributed by atoms with Gasteiger partial charge in [0.1, 0.15) is 5.25 Å². The molecule has 0 aromatic carbocycles. The number of carbonyl (C=O) groups excluding carboxylic acids is 2. The minimum Gasteiger partial charge on any atom is -0.359 e. The molecule has 1 aromatic heterocycles. The van der Waals surface area contributed by atoms with Crippen molar-refractivity contribution in [2.24, 2.45) is 4.99 Å². The van der Waals surface area contributed by atoms with Gasteiger partial charge < -0.3 is 10.6 Å². The summed E-state index contributed by atoms with van der Waals surface area (Å²) in [5.74, 6) is -0.126. The van der Waals surface area contributed by atoms with Crippen LogP contribution in [-0.4, -0.2) is 39.2 Å². The monoisotopic (exact) mass is 265 g/mol. The van der Waals surface area contributed by atoms with Crippen molar-refractivity contribution < 1.29 is 9.59 Å². The number of aliphatic imine (C=N–C) groups is 1. The number of hydrogen-bond donors (Lipinski definition) is 2. The Bertz CT molecular complexity index is 490. The Morgan fingerprint density at radius 2 is 2.28 bits per heavy atom. The van der Waals surface area contributed by atoms with E-state index in [0.717, 1.165) is 0 Å². The van der Waals surface area contributed by atoms with E-state index < -0.39 is 5.25 Å². The first-order valence-corrected chi connectivity index (χ1v) is 6.11. The van der Waals surface area contributed by atoms with Gasteiger partial charge in [0, 0.05) is 25.9 Å². The molecule has 0 radical (unpaired) electrons. The molecule has 2 heterocycles. The molecule has 1 aliphatic rings. The highest BCUT2D eigenvalue weighted by Crippen LogP contribution is 2.23. The fourth-order valence-corrected chi connectivity index (χ4v) is 2.27. The lowest BCUT2D eigenvalue weighted by molar-refractivity contribution is -0.124. The molecule has 0 aliphatic carbocycles. The van der Waals surface area contributed by atoms with E-state index in [-0.39, 0.29) is 24.2 Å². The molecule has 2 N–H and O–H groups in total. The first-order chi connectivity index (χ1) is 8.69. The molecule has 0 spiro atoms. The lowest BCUT2D eigenvalue weighted by Crippen LogP contribution is -2.29. The zero-order valence-corrected chi connectivity index (χ0v) is 10.4. The third-order valence-electron chi connectivity index (χ3n) is 2.18. The van der Waals surface area contributed by atoms with Crippen molar-refractivity contribution in [1.29, 1.82) is 0 Å². The molecule has 2 amide bonds. The molecule has 1 atom stereocenters. The Morgan fingerprint density at radius 3 is 2.94 bits per heavy atom. The molecule has 94 valence electrons. The summed E-state index contributed by atoms with van der Waals surface area (Å²) in [5, 5.41) is 5.04. The Balaban J connectivity index is 2.04. The second kappa shape index (κ2) is 5.58. The lowest BCUT2D eigenvalue weighted by atomic mass is 10.3. The van der Waals surface area contributed by atoms with E-state index in [2.05, 4.69) is 25.6 Å². The number of carbonyl (C=O) groups is 2. The molecule has 8 heteroatoms. The van der Waals surface area contributed by atoms with Gasteiger partial charge in [0.05, 0.1) is 0 Å². The molecule has 2 rings (SSSR count). The Hall–Kier alpha value is -1.96. The van der Waals surface area contributed by atoms with Crippen LogP contribution in [0.15, 0.2) is 23.5 Å². The van der Waals surface area contributed by atoms with E-state index in [1.807, 2.05) is 0 Å². The second-order valence-corrected chi connectivity index (χ2v) is 4.63. The summed E-state index contributed by atoms with van der Waals surface area (Å²) >= 11 is 1.21. The molecule has 1 aliphatic heterocycles. The number of amidine groups is 1. The van der Waals surface area contributed by atoms with E-state index >= 15 is 0 Å². The Morgan fingerprint density at radius 1 is 1.56 bits per heavy atom. The summed E-state index contributed by atoms with van der Waals surface area (Å²) in [6.45, 7) is 0. The minimum atomic E-state index is -0.451. The molecular weight excluding hydrogens is 254 g/mol. The van der Waals surface area contributed by atoms with Crippen LogP contribution < -0.4 is 10.6 Å². The minimum absolute atomic E-state index is 0.127. The number of nitrogens with zero attached hydrogens (tertiary/aromatic N) is 3. The summed E-state index contributed by atoms with van der Waals surface area (Å²) in [5.41, 5.74) is 0. The van der Waals surface area contributed by atoms with E-state index in [0.29, 0.717) is 5.17 Å². The van der Waals surface area contributed by atoms with Gasteiger partial charge in [-0.25, -0.2) is 9.97 Å². The molecule has 18 heavy (non-hydrogen) atoms. The molecule has 1 unspecified atom stereocenters. The molecular formula is C10H11N5O2S. The molecule has 1 aromatic rings. The number of thioether (sulfide) groups is 1. The molecule has 1 saturated heterocycles. The largest absolute Gasteiger partial charge is 0.359 e. The third-order valence-corrected chi connectivity index (χ3v) is 3.26. The maximum Gasteiger partial charge on any atom is 0.251 e. The standard InChI is InChI=1S/C10H11N5O2S/c1-11-7(16)5-6-8(17)14-10(18-6)15-9-12-3-2-4-13-9/h2-4,6H,5H2,1H3,(H,11,16)(H,12,13,14,15,17). The average Bonchev–Trinajstić information content (AvgIpc) is 2.70. The molecule has 1 fully saturated rings. The highest BCUT2D eigenvalue weighted by atomic mass is 32.2. The predicted octanol–water partition coefficient (Wildman–Crippen LogP) is -0.168. The van der Waals surface area contributed by atoms with Gasteiger partial charge in [-0.3, -0.25) is 9.59 Å². The van der Waals surface area contributed by atoms with Crippen molar-refractivity contribution in [2.75, 3.05) is 7.05 Å². The smallest absolute Gasteiger partial charge is 0.251 e. The number of hydrogen-bond acceptors (Lipinski definition) is 6. The first kappa shape index (κ1) is 12.5. The predicted molar refractivity (Wildman–Crippen MR) is 67.3 cm³/mol. The number of aromatic nitrogens is 2. The van der Waals surface area contributed by atoms with Gasteiger partial charge in [0.15, 0.2) is 5.17 Å². The Kier molecular flexibility index (Phi) is 3.88. The highest BCUT2D eigenvalue weighted by molar-refractivity contribution is 8.15. The van der Waals surface area contributed by atoms with Crippen LogP contribution in [0.25, 0.3) is 0 Å². The molecule has 0 bridgehead atoms. The van der Waals surface area contributed by atoms with E-state index in [1.54, 1.807) is 18.5 Å². The van der Waals surface area contributed by atoms with Crippen molar-refractivity contribution in [3.63, 3.8) is 0 Å². The topological polar surface area (TPSA) is 96.3 Å². The second-order valence-electron chi connectivity index (χ2n) is 3.44. The zero-order valence-electron chi connectivity index (χ0n) is 9.58. The maximum absolute atomic E-state index is 11.6. The van der Waals surface area contributed by atoms with Crippen LogP contribution in [0.2, 0.25) is 0 Å². The van der Waals surface area contributed by atoms with E-state index in [1.165, 1.54) is 18.8 Å².